The first-order chi connectivity index (χ1) is 9.17. The van der Waals surface area contributed by atoms with Gasteiger partial charge in [-0.3, -0.25) is 4.90 Å². The summed E-state index contributed by atoms with van der Waals surface area (Å²) in [4.78, 5) is 2.72. The van der Waals surface area contributed by atoms with Crippen LogP contribution in [0.3, 0.4) is 0 Å². The molecule has 0 saturated carbocycles. The number of hydrogen-bond acceptors (Lipinski definition) is 4. The Morgan fingerprint density at radius 1 is 1.26 bits per heavy atom. The van der Waals surface area contributed by atoms with Crippen LogP contribution in [0.4, 0.5) is 0 Å². The number of benzene rings is 1. The average molecular weight is 280 g/mol. The van der Waals surface area contributed by atoms with E-state index in [1.807, 2.05) is 18.2 Å². The van der Waals surface area contributed by atoms with Gasteiger partial charge in [-0.1, -0.05) is 32.1 Å². The van der Waals surface area contributed by atoms with Crippen LogP contribution in [0.5, 0.6) is 11.5 Å². The maximum atomic E-state index is 5.91. The quantitative estimate of drug-likeness (QED) is 0.837. The van der Waals surface area contributed by atoms with Gasteiger partial charge in [-0.05, 0) is 30.8 Å². The minimum atomic E-state index is -0.0548. The Kier molecular flexibility index (Phi) is 4.61. The monoisotopic (exact) mass is 280 g/mol. The molecule has 0 fully saturated rings. The Balaban J connectivity index is 2.34. The molecule has 2 N–H and O–H groups in total. The Bertz CT molecular complexity index is 461. The minimum Gasteiger partial charge on any atom is -0.486 e. The van der Waals surface area contributed by atoms with Gasteiger partial charge in [0.1, 0.15) is 13.2 Å². The van der Waals surface area contributed by atoms with E-state index in [2.05, 4.69) is 18.7 Å². The maximum absolute atomic E-state index is 5.91. The highest BCUT2D eigenvalue weighted by molar-refractivity contribution is 7.80. The van der Waals surface area contributed by atoms with E-state index < -0.39 is 0 Å². The lowest BCUT2D eigenvalue weighted by Crippen LogP contribution is -2.36. The predicted octanol–water partition coefficient (Wildman–Crippen LogP) is 2.13. The van der Waals surface area contributed by atoms with Gasteiger partial charge in [0.15, 0.2) is 11.5 Å². The highest BCUT2D eigenvalue weighted by Crippen LogP contribution is 2.34. The third-order valence-electron chi connectivity index (χ3n) is 3.33. The zero-order chi connectivity index (χ0) is 13.8. The van der Waals surface area contributed by atoms with Crippen molar-refractivity contribution in [3.63, 3.8) is 0 Å². The van der Waals surface area contributed by atoms with Gasteiger partial charge >= 0.3 is 0 Å². The van der Waals surface area contributed by atoms with E-state index in [0.717, 1.165) is 30.2 Å². The fourth-order valence-corrected chi connectivity index (χ4v) is 2.66. The summed E-state index contributed by atoms with van der Waals surface area (Å²) in [5.74, 6) is 1.56. The molecule has 1 aliphatic rings. The van der Waals surface area contributed by atoms with E-state index in [1.165, 1.54) is 0 Å². The second-order valence-corrected chi connectivity index (χ2v) is 4.90. The number of fused-ring (bicyclic) bond motifs is 1. The normalized spacial score (nSPS) is 15.3. The van der Waals surface area contributed by atoms with Gasteiger partial charge in [-0.15, -0.1) is 0 Å². The molecule has 1 heterocycles. The second kappa shape index (κ2) is 6.21. The number of hydrogen-bond donors (Lipinski definition) is 1. The van der Waals surface area contributed by atoms with Crippen LogP contribution in [-0.4, -0.2) is 36.2 Å². The lowest BCUT2D eigenvalue weighted by molar-refractivity contribution is 0.171. The number of ether oxygens (including phenoxy) is 2. The summed E-state index contributed by atoms with van der Waals surface area (Å²) in [6.07, 6.45) is 0. The summed E-state index contributed by atoms with van der Waals surface area (Å²) in [7, 11) is 0. The fraction of sp³-hybridized carbons (Fsp3) is 0.500. The average Bonchev–Trinajstić information content (AvgIpc) is 2.43. The van der Waals surface area contributed by atoms with Crippen LogP contribution in [0, 0.1) is 0 Å². The molecule has 19 heavy (non-hydrogen) atoms. The molecule has 1 aromatic rings. The lowest BCUT2D eigenvalue weighted by Gasteiger charge is -2.30. The topological polar surface area (TPSA) is 47.7 Å². The molecule has 0 radical (unpaired) electrons. The SMILES string of the molecule is CCN(CC)C(C(N)=S)c1ccc2c(c1)OCCO2. The molecule has 0 saturated heterocycles. The van der Waals surface area contributed by atoms with Crippen LogP contribution in [0.15, 0.2) is 18.2 Å². The molecule has 1 aromatic carbocycles. The Morgan fingerprint density at radius 3 is 2.47 bits per heavy atom. The van der Waals surface area contributed by atoms with E-state index in [9.17, 15) is 0 Å². The zero-order valence-corrected chi connectivity index (χ0v) is 12.2. The highest BCUT2D eigenvalue weighted by Gasteiger charge is 2.23. The van der Waals surface area contributed by atoms with Crippen LogP contribution in [0.1, 0.15) is 25.5 Å². The molecule has 1 atom stereocenters. The molecule has 104 valence electrons. The van der Waals surface area contributed by atoms with E-state index >= 15 is 0 Å². The molecule has 5 heteroatoms. The second-order valence-electron chi connectivity index (χ2n) is 4.43. The van der Waals surface area contributed by atoms with Crippen molar-refractivity contribution in [1.82, 2.24) is 4.90 Å². The van der Waals surface area contributed by atoms with E-state index in [0.29, 0.717) is 18.2 Å². The fourth-order valence-electron chi connectivity index (χ4n) is 2.37. The van der Waals surface area contributed by atoms with E-state index in [-0.39, 0.29) is 6.04 Å². The molecule has 2 rings (SSSR count). The van der Waals surface area contributed by atoms with E-state index in [1.54, 1.807) is 0 Å². The summed E-state index contributed by atoms with van der Waals surface area (Å²) in [5.41, 5.74) is 6.97. The van der Waals surface area contributed by atoms with Crippen LogP contribution >= 0.6 is 12.2 Å². The first-order valence-electron chi connectivity index (χ1n) is 6.60. The largest absolute Gasteiger partial charge is 0.486 e. The molecule has 1 aliphatic heterocycles. The highest BCUT2D eigenvalue weighted by atomic mass is 32.1. The molecular weight excluding hydrogens is 260 g/mol. The molecule has 1 unspecified atom stereocenters. The summed E-state index contributed by atoms with van der Waals surface area (Å²) in [5, 5.41) is 0. The first kappa shape index (κ1) is 14.1. The van der Waals surface area contributed by atoms with Gasteiger partial charge < -0.3 is 15.2 Å². The smallest absolute Gasteiger partial charge is 0.161 e. The van der Waals surface area contributed by atoms with Gasteiger partial charge in [0.05, 0.1) is 11.0 Å². The Hall–Kier alpha value is -1.33. The van der Waals surface area contributed by atoms with Crippen LogP contribution < -0.4 is 15.2 Å². The summed E-state index contributed by atoms with van der Waals surface area (Å²) < 4.78 is 11.1. The summed E-state index contributed by atoms with van der Waals surface area (Å²) in [6, 6.07) is 5.87. The van der Waals surface area contributed by atoms with Crippen molar-refractivity contribution in [2.45, 2.75) is 19.9 Å². The third kappa shape index (κ3) is 2.98. The van der Waals surface area contributed by atoms with Crippen molar-refractivity contribution in [1.29, 1.82) is 0 Å². The summed E-state index contributed by atoms with van der Waals surface area (Å²) >= 11 is 5.23. The van der Waals surface area contributed by atoms with Crippen molar-refractivity contribution in [2.24, 2.45) is 5.73 Å². The molecule has 0 aromatic heterocycles. The maximum Gasteiger partial charge on any atom is 0.161 e. The van der Waals surface area contributed by atoms with Crippen molar-refractivity contribution in [2.75, 3.05) is 26.3 Å². The Morgan fingerprint density at radius 2 is 1.89 bits per heavy atom. The van der Waals surface area contributed by atoms with Crippen molar-refractivity contribution in [3.8, 4) is 11.5 Å². The number of nitrogens with zero attached hydrogens (tertiary/aromatic N) is 1. The van der Waals surface area contributed by atoms with Gasteiger partial charge in [0.2, 0.25) is 0 Å². The third-order valence-corrected chi connectivity index (χ3v) is 3.55. The molecule has 0 spiro atoms. The number of thiocarbonyl (C=S) groups is 1. The minimum absolute atomic E-state index is 0.0548. The molecular formula is C14H20N2O2S. The molecule has 0 amide bonds. The van der Waals surface area contributed by atoms with Crippen LogP contribution in [-0.2, 0) is 0 Å². The van der Waals surface area contributed by atoms with Gasteiger partial charge in [-0.2, -0.15) is 0 Å². The molecule has 4 nitrogen and oxygen atoms in total. The summed E-state index contributed by atoms with van der Waals surface area (Å²) in [6.45, 7) is 7.18. The van der Waals surface area contributed by atoms with Crippen LogP contribution in [0.2, 0.25) is 0 Å². The van der Waals surface area contributed by atoms with E-state index in [4.69, 9.17) is 27.4 Å². The first-order valence-corrected chi connectivity index (χ1v) is 7.01. The number of likely N-dealkylation sites (N-methyl/N-ethyl adjacent to an activating group) is 1. The molecule has 0 bridgehead atoms. The number of rotatable bonds is 5. The Labute approximate surface area is 119 Å². The van der Waals surface area contributed by atoms with Gasteiger partial charge in [0, 0.05) is 0 Å². The predicted molar refractivity (Wildman–Crippen MR) is 79.9 cm³/mol. The van der Waals surface area contributed by atoms with Gasteiger partial charge in [0.25, 0.3) is 0 Å². The van der Waals surface area contributed by atoms with Gasteiger partial charge in [-0.25, -0.2) is 0 Å². The van der Waals surface area contributed by atoms with Crippen molar-refractivity contribution < 1.29 is 9.47 Å². The van der Waals surface area contributed by atoms with Crippen molar-refractivity contribution in [3.05, 3.63) is 23.8 Å². The standard InChI is InChI=1S/C14H20N2O2S/c1-3-16(4-2)13(14(15)19)10-5-6-11-12(9-10)18-8-7-17-11/h5-6,9,13H,3-4,7-8H2,1-2H3,(H2,15,19). The number of nitrogens with two attached hydrogens (primary N) is 1. The zero-order valence-electron chi connectivity index (χ0n) is 11.4. The lowest BCUT2D eigenvalue weighted by atomic mass is 10.0. The molecule has 0 aliphatic carbocycles. The van der Waals surface area contributed by atoms with Crippen molar-refractivity contribution >= 4 is 17.2 Å². The van der Waals surface area contributed by atoms with Crippen LogP contribution in [0.25, 0.3) is 0 Å².